The van der Waals surface area contributed by atoms with E-state index in [1.807, 2.05) is 30.3 Å². The number of carboxylic acids is 1. The van der Waals surface area contributed by atoms with Gasteiger partial charge in [-0.3, -0.25) is 9.59 Å². The third kappa shape index (κ3) is 9.40. The summed E-state index contributed by atoms with van der Waals surface area (Å²) in [6.07, 6.45) is 7.48. The molecule has 0 spiro atoms. The summed E-state index contributed by atoms with van der Waals surface area (Å²) in [5, 5.41) is 11.7. The Morgan fingerprint density at radius 2 is 1.68 bits per heavy atom. The van der Waals surface area contributed by atoms with Gasteiger partial charge < -0.3 is 19.9 Å². The fourth-order valence-electron chi connectivity index (χ4n) is 4.41. The summed E-state index contributed by atoms with van der Waals surface area (Å²) in [6, 6.07) is 16.2. The van der Waals surface area contributed by atoms with Crippen molar-refractivity contribution in [3.05, 3.63) is 83.1 Å². The zero-order chi connectivity index (χ0) is 27.5. The van der Waals surface area contributed by atoms with Gasteiger partial charge in [-0.1, -0.05) is 64.1 Å². The molecule has 204 valence electrons. The summed E-state index contributed by atoms with van der Waals surface area (Å²) in [7, 11) is 0. The number of aliphatic carboxylic acids is 1. The van der Waals surface area contributed by atoms with Gasteiger partial charge in [0.25, 0.3) is 5.91 Å². The molecule has 0 saturated carbocycles. The molecule has 3 rings (SSSR count). The average Bonchev–Trinajstić information content (AvgIpc) is 2.87. The van der Waals surface area contributed by atoms with Gasteiger partial charge in [0, 0.05) is 18.5 Å². The highest BCUT2D eigenvalue weighted by molar-refractivity contribution is 6.06. The largest absolute Gasteiger partial charge is 0.497 e. The molecule has 1 aliphatic rings. The molecule has 0 fully saturated rings. The Balaban J connectivity index is 1.64. The van der Waals surface area contributed by atoms with Crippen LogP contribution in [0.15, 0.2) is 72.0 Å². The van der Waals surface area contributed by atoms with Gasteiger partial charge in [0.1, 0.15) is 17.6 Å². The number of allylic oxidation sites excluding steroid dienone is 2. The molecule has 38 heavy (non-hydrogen) atoms. The van der Waals surface area contributed by atoms with Crippen molar-refractivity contribution in [2.45, 2.75) is 72.3 Å². The van der Waals surface area contributed by atoms with E-state index < -0.39 is 5.97 Å². The summed E-state index contributed by atoms with van der Waals surface area (Å²) in [5.74, 6) is 1.35. The highest BCUT2D eigenvalue weighted by Crippen LogP contribution is 2.29. The zero-order valence-corrected chi connectivity index (χ0v) is 23.0. The summed E-state index contributed by atoms with van der Waals surface area (Å²) in [4.78, 5) is 23.7. The summed E-state index contributed by atoms with van der Waals surface area (Å²) in [5.41, 5.74) is 3.64. The number of ether oxygens (including phenoxy) is 2. The molecule has 0 aliphatic heterocycles. The van der Waals surface area contributed by atoms with Gasteiger partial charge in [-0.05, 0) is 72.9 Å². The van der Waals surface area contributed by atoms with Crippen molar-refractivity contribution in [3.63, 3.8) is 0 Å². The number of benzene rings is 2. The van der Waals surface area contributed by atoms with Gasteiger partial charge in [0.15, 0.2) is 0 Å². The van der Waals surface area contributed by atoms with Crippen LogP contribution in [0.2, 0.25) is 0 Å². The minimum absolute atomic E-state index is 0.0422. The van der Waals surface area contributed by atoms with Crippen LogP contribution in [0, 0.1) is 11.8 Å². The first kappa shape index (κ1) is 29.0. The topological polar surface area (TPSA) is 84.9 Å². The molecule has 1 atom stereocenters. The molecule has 6 nitrogen and oxygen atoms in total. The predicted octanol–water partition coefficient (Wildman–Crippen LogP) is 7.48. The van der Waals surface area contributed by atoms with E-state index in [4.69, 9.17) is 14.6 Å². The minimum Gasteiger partial charge on any atom is -0.497 e. The van der Waals surface area contributed by atoms with E-state index in [2.05, 4.69) is 57.3 Å². The molecule has 1 aliphatic carbocycles. The molecule has 1 amide bonds. The van der Waals surface area contributed by atoms with Crippen molar-refractivity contribution in [3.8, 4) is 5.75 Å². The van der Waals surface area contributed by atoms with Crippen LogP contribution < -0.4 is 10.1 Å². The lowest BCUT2D eigenvalue weighted by molar-refractivity contribution is -0.137. The molecule has 2 aromatic carbocycles. The SMILES string of the molecule is CC(C)Cc1ccc(C(CC(C)C)Oc2ccc(NC(=O)C3=C(OCCCC(=O)O)CCC=C3)cc2)cc1. The standard InChI is InChI=1S/C32H41NO5/c1-22(2)20-24-11-13-25(14-12-24)30(21-23(3)4)38-27-17-15-26(16-18-27)33-32(36)28-8-5-6-9-29(28)37-19-7-10-31(34)35/h5,8,11-18,22-23,30H,6-7,9-10,19-21H2,1-4H3,(H,33,36)(H,34,35). The first-order chi connectivity index (χ1) is 18.2. The van der Waals surface area contributed by atoms with Crippen molar-refractivity contribution in [1.29, 1.82) is 0 Å². The van der Waals surface area contributed by atoms with Crippen LogP contribution >= 0.6 is 0 Å². The lowest BCUT2D eigenvalue weighted by Gasteiger charge is -2.22. The Kier molecular flexibility index (Phi) is 11.0. The van der Waals surface area contributed by atoms with Gasteiger partial charge in [-0.2, -0.15) is 0 Å². The predicted molar refractivity (Wildman–Crippen MR) is 151 cm³/mol. The molecule has 2 N–H and O–H groups in total. The van der Waals surface area contributed by atoms with Crippen LogP contribution in [-0.4, -0.2) is 23.6 Å². The van der Waals surface area contributed by atoms with Crippen LogP contribution in [0.4, 0.5) is 5.69 Å². The van der Waals surface area contributed by atoms with Crippen molar-refractivity contribution in [1.82, 2.24) is 0 Å². The van der Waals surface area contributed by atoms with Crippen LogP contribution in [0.25, 0.3) is 0 Å². The third-order valence-electron chi connectivity index (χ3n) is 6.25. The number of hydrogen-bond donors (Lipinski definition) is 2. The summed E-state index contributed by atoms with van der Waals surface area (Å²) >= 11 is 0. The van der Waals surface area contributed by atoms with Gasteiger partial charge in [0.05, 0.1) is 12.2 Å². The number of hydrogen-bond acceptors (Lipinski definition) is 4. The highest BCUT2D eigenvalue weighted by atomic mass is 16.5. The van der Waals surface area contributed by atoms with E-state index in [-0.39, 0.29) is 25.0 Å². The number of nitrogens with one attached hydrogen (secondary N) is 1. The Bertz CT molecular complexity index is 1110. The van der Waals surface area contributed by atoms with Gasteiger partial charge >= 0.3 is 5.97 Å². The maximum atomic E-state index is 13.0. The maximum absolute atomic E-state index is 13.0. The minimum atomic E-state index is -0.855. The molecular formula is C32H41NO5. The van der Waals surface area contributed by atoms with Gasteiger partial charge in [0.2, 0.25) is 0 Å². The first-order valence-corrected chi connectivity index (χ1v) is 13.6. The van der Waals surface area contributed by atoms with E-state index in [9.17, 15) is 9.59 Å². The molecule has 0 saturated heterocycles. The summed E-state index contributed by atoms with van der Waals surface area (Å²) < 4.78 is 12.2. The number of carbonyl (C=O) groups is 2. The van der Waals surface area contributed by atoms with Crippen LogP contribution in [0.3, 0.4) is 0 Å². The fraction of sp³-hybridized carbons (Fsp3) is 0.438. The van der Waals surface area contributed by atoms with Crippen molar-refractivity contribution >= 4 is 17.6 Å². The monoisotopic (exact) mass is 519 g/mol. The summed E-state index contributed by atoms with van der Waals surface area (Å²) in [6.45, 7) is 9.12. The van der Waals surface area contributed by atoms with Crippen LogP contribution in [0.5, 0.6) is 5.75 Å². The lowest BCUT2D eigenvalue weighted by Crippen LogP contribution is -2.17. The first-order valence-electron chi connectivity index (χ1n) is 13.6. The number of carboxylic acid groups (broad SMARTS) is 1. The van der Waals surface area contributed by atoms with E-state index in [1.165, 1.54) is 5.56 Å². The van der Waals surface area contributed by atoms with E-state index >= 15 is 0 Å². The molecule has 6 heteroatoms. The van der Waals surface area contributed by atoms with Gasteiger partial charge in [-0.15, -0.1) is 0 Å². The van der Waals surface area contributed by atoms with Crippen LogP contribution in [-0.2, 0) is 20.7 Å². The smallest absolute Gasteiger partial charge is 0.303 e. The molecule has 0 radical (unpaired) electrons. The second-order valence-electron chi connectivity index (χ2n) is 10.7. The lowest BCUT2D eigenvalue weighted by atomic mass is 9.96. The zero-order valence-electron chi connectivity index (χ0n) is 23.0. The number of rotatable bonds is 14. The van der Waals surface area contributed by atoms with Crippen molar-refractivity contribution in [2.75, 3.05) is 11.9 Å². The van der Waals surface area contributed by atoms with E-state index in [0.717, 1.165) is 30.6 Å². The number of anilines is 1. The Morgan fingerprint density at radius 1 is 0.974 bits per heavy atom. The Hall–Kier alpha value is -3.54. The highest BCUT2D eigenvalue weighted by Gasteiger charge is 2.19. The molecule has 0 bridgehead atoms. The maximum Gasteiger partial charge on any atom is 0.303 e. The Morgan fingerprint density at radius 3 is 2.32 bits per heavy atom. The second kappa shape index (κ2) is 14.4. The van der Waals surface area contributed by atoms with E-state index in [1.54, 1.807) is 6.08 Å². The van der Waals surface area contributed by atoms with Crippen LogP contribution in [0.1, 0.15) is 77.0 Å². The quantitative estimate of drug-likeness (QED) is 0.253. The molecule has 2 aromatic rings. The second-order valence-corrected chi connectivity index (χ2v) is 10.7. The molecular weight excluding hydrogens is 478 g/mol. The number of carbonyl (C=O) groups excluding carboxylic acids is 1. The third-order valence-corrected chi connectivity index (χ3v) is 6.25. The van der Waals surface area contributed by atoms with Crippen molar-refractivity contribution < 1.29 is 24.2 Å². The normalized spacial score (nSPS) is 14.1. The molecule has 0 heterocycles. The van der Waals surface area contributed by atoms with E-state index in [0.29, 0.717) is 41.7 Å². The fourth-order valence-corrected chi connectivity index (χ4v) is 4.41. The Labute approximate surface area is 226 Å². The van der Waals surface area contributed by atoms with Crippen molar-refractivity contribution in [2.24, 2.45) is 11.8 Å². The number of amides is 1. The molecule has 1 unspecified atom stereocenters. The van der Waals surface area contributed by atoms with Gasteiger partial charge in [-0.25, -0.2) is 0 Å². The molecule has 0 aromatic heterocycles. The average molecular weight is 520 g/mol.